The minimum absolute atomic E-state index is 0.0731. The van der Waals surface area contributed by atoms with Gasteiger partial charge in [-0.1, -0.05) is 39.5 Å². The Hall–Kier alpha value is -0.140. The molecule has 68 valence electrons. The minimum Gasteiger partial charge on any atom is -0.211 e. The molecule has 0 N–H and O–H groups in total. The standard InChI is InChI=1S/C9H18F2/c1-3-4-5-6-8(2)7-9(10)11/h8-9H,3-7H2,1-2H3. The summed E-state index contributed by atoms with van der Waals surface area (Å²) < 4.78 is 23.6. The average Bonchev–Trinajstić information content (AvgIpc) is 1.86. The third-order valence-corrected chi connectivity index (χ3v) is 1.88. The van der Waals surface area contributed by atoms with Gasteiger partial charge in [0.05, 0.1) is 0 Å². The molecule has 0 nitrogen and oxygen atoms in total. The molecule has 0 saturated carbocycles. The number of halogens is 2. The SMILES string of the molecule is CCCCCC(C)CC(F)F. The average molecular weight is 164 g/mol. The smallest absolute Gasteiger partial charge is 0.211 e. The van der Waals surface area contributed by atoms with E-state index in [1.165, 1.54) is 12.8 Å². The van der Waals surface area contributed by atoms with Crippen LogP contribution in [-0.4, -0.2) is 6.43 Å². The first kappa shape index (κ1) is 10.9. The zero-order valence-electron chi connectivity index (χ0n) is 7.45. The molecule has 0 spiro atoms. The highest BCUT2D eigenvalue weighted by atomic mass is 19.3. The van der Waals surface area contributed by atoms with Crippen molar-refractivity contribution in [2.24, 2.45) is 5.92 Å². The molecule has 0 rings (SSSR count). The second kappa shape index (κ2) is 6.56. The second-order valence-corrected chi connectivity index (χ2v) is 3.23. The van der Waals surface area contributed by atoms with Crippen LogP contribution in [0.1, 0.15) is 46.0 Å². The van der Waals surface area contributed by atoms with Gasteiger partial charge in [0, 0.05) is 6.42 Å². The van der Waals surface area contributed by atoms with Crippen molar-refractivity contribution in [3.63, 3.8) is 0 Å². The fourth-order valence-corrected chi connectivity index (χ4v) is 1.16. The molecular weight excluding hydrogens is 146 g/mol. The summed E-state index contributed by atoms with van der Waals surface area (Å²) in [4.78, 5) is 0. The molecule has 11 heavy (non-hydrogen) atoms. The van der Waals surface area contributed by atoms with Gasteiger partial charge in [-0.15, -0.1) is 0 Å². The van der Waals surface area contributed by atoms with Crippen LogP contribution in [0.15, 0.2) is 0 Å². The van der Waals surface area contributed by atoms with Crippen LogP contribution in [0.2, 0.25) is 0 Å². The number of unbranched alkanes of at least 4 members (excludes halogenated alkanes) is 2. The summed E-state index contributed by atoms with van der Waals surface area (Å²) in [7, 11) is 0. The van der Waals surface area contributed by atoms with Crippen molar-refractivity contribution in [2.75, 3.05) is 0 Å². The van der Waals surface area contributed by atoms with E-state index in [1.807, 2.05) is 6.92 Å². The van der Waals surface area contributed by atoms with Crippen LogP contribution in [0.4, 0.5) is 8.78 Å². The zero-order valence-corrected chi connectivity index (χ0v) is 7.45. The molecule has 0 aromatic carbocycles. The molecule has 0 amide bonds. The Morgan fingerprint density at radius 2 is 1.82 bits per heavy atom. The van der Waals surface area contributed by atoms with Crippen LogP contribution < -0.4 is 0 Å². The number of alkyl halides is 2. The molecule has 0 heterocycles. The van der Waals surface area contributed by atoms with Crippen LogP contribution in [-0.2, 0) is 0 Å². The van der Waals surface area contributed by atoms with Crippen molar-refractivity contribution >= 4 is 0 Å². The Balaban J connectivity index is 3.15. The molecule has 0 saturated heterocycles. The molecule has 2 heteroatoms. The van der Waals surface area contributed by atoms with E-state index in [1.54, 1.807) is 0 Å². The van der Waals surface area contributed by atoms with E-state index in [9.17, 15) is 8.78 Å². The van der Waals surface area contributed by atoms with Crippen molar-refractivity contribution in [3.8, 4) is 0 Å². The molecule has 0 radical (unpaired) electrons. The van der Waals surface area contributed by atoms with E-state index < -0.39 is 6.43 Å². The maximum atomic E-state index is 11.8. The van der Waals surface area contributed by atoms with Gasteiger partial charge in [0.2, 0.25) is 6.43 Å². The van der Waals surface area contributed by atoms with Crippen LogP contribution in [0.5, 0.6) is 0 Å². The summed E-state index contributed by atoms with van der Waals surface area (Å²) >= 11 is 0. The van der Waals surface area contributed by atoms with Crippen LogP contribution in [0, 0.1) is 5.92 Å². The molecule has 0 aliphatic heterocycles. The van der Waals surface area contributed by atoms with Crippen molar-refractivity contribution in [1.29, 1.82) is 0 Å². The van der Waals surface area contributed by atoms with Crippen molar-refractivity contribution < 1.29 is 8.78 Å². The van der Waals surface area contributed by atoms with Gasteiger partial charge in [-0.25, -0.2) is 8.78 Å². The lowest BCUT2D eigenvalue weighted by molar-refractivity contribution is 0.115. The van der Waals surface area contributed by atoms with Crippen LogP contribution >= 0.6 is 0 Å². The maximum Gasteiger partial charge on any atom is 0.238 e. The molecular formula is C9H18F2. The summed E-state index contributed by atoms with van der Waals surface area (Å²) in [6, 6.07) is 0. The highest BCUT2D eigenvalue weighted by molar-refractivity contribution is 4.54. The lowest BCUT2D eigenvalue weighted by atomic mass is 10.0. The van der Waals surface area contributed by atoms with Crippen molar-refractivity contribution in [1.82, 2.24) is 0 Å². The Kier molecular flexibility index (Phi) is 6.48. The normalized spacial score (nSPS) is 13.9. The Morgan fingerprint density at radius 3 is 2.27 bits per heavy atom. The van der Waals surface area contributed by atoms with E-state index >= 15 is 0 Å². The molecule has 0 bridgehead atoms. The maximum absolute atomic E-state index is 11.8. The largest absolute Gasteiger partial charge is 0.238 e. The quantitative estimate of drug-likeness (QED) is 0.523. The third kappa shape index (κ3) is 7.76. The van der Waals surface area contributed by atoms with Crippen molar-refractivity contribution in [2.45, 2.75) is 52.4 Å². The summed E-state index contributed by atoms with van der Waals surface area (Å²) in [6.07, 6.45) is 2.35. The third-order valence-electron chi connectivity index (χ3n) is 1.88. The van der Waals surface area contributed by atoms with Gasteiger partial charge in [-0.2, -0.15) is 0 Å². The summed E-state index contributed by atoms with van der Waals surface area (Å²) in [5.74, 6) is 0.196. The monoisotopic (exact) mass is 164 g/mol. The summed E-state index contributed by atoms with van der Waals surface area (Å²) in [5, 5.41) is 0. The van der Waals surface area contributed by atoms with E-state index in [0.29, 0.717) is 0 Å². The summed E-state index contributed by atoms with van der Waals surface area (Å²) in [5.41, 5.74) is 0. The van der Waals surface area contributed by atoms with Gasteiger partial charge >= 0.3 is 0 Å². The van der Waals surface area contributed by atoms with Gasteiger partial charge < -0.3 is 0 Å². The molecule has 0 aliphatic rings. The predicted molar refractivity (Wildman–Crippen MR) is 43.9 cm³/mol. The molecule has 0 aromatic rings. The number of hydrogen-bond acceptors (Lipinski definition) is 0. The van der Waals surface area contributed by atoms with Crippen molar-refractivity contribution in [3.05, 3.63) is 0 Å². The fraction of sp³-hybridized carbons (Fsp3) is 1.00. The Labute approximate surface area is 68.0 Å². The molecule has 0 aromatic heterocycles. The van der Waals surface area contributed by atoms with Gasteiger partial charge in [0.15, 0.2) is 0 Å². The molecule has 0 fully saturated rings. The lowest BCUT2D eigenvalue weighted by Gasteiger charge is -2.09. The molecule has 1 atom stereocenters. The zero-order chi connectivity index (χ0) is 8.69. The van der Waals surface area contributed by atoms with Gasteiger partial charge in [0.1, 0.15) is 0 Å². The van der Waals surface area contributed by atoms with Crippen LogP contribution in [0.25, 0.3) is 0 Å². The Morgan fingerprint density at radius 1 is 1.18 bits per heavy atom. The first-order valence-corrected chi connectivity index (χ1v) is 4.45. The molecule has 0 aliphatic carbocycles. The number of rotatable bonds is 6. The summed E-state index contributed by atoms with van der Waals surface area (Å²) in [6.45, 7) is 4.03. The fourth-order valence-electron chi connectivity index (χ4n) is 1.16. The highest BCUT2D eigenvalue weighted by Crippen LogP contribution is 2.16. The van der Waals surface area contributed by atoms with Gasteiger partial charge in [0.25, 0.3) is 0 Å². The topological polar surface area (TPSA) is 0 Å². The minimum atomic E-state index is -2.12. The van der Waals surface area contributed by atoms with Gasteiger partial charge in [-0.3, -0.25) is 0 Å². The molecule has 1 unspecified atom stereocenters. The highest BCUT2D eigenvalue weighted by Gasteiger charge is 2.09. The first-order chi connectivity index (χ1) is 5.16. The Bertz CT molecular complexity index is 81.6. The lowest BCUT2D eigenvalue weighted by Crippen LogP contribution is -2.01. The number of hydrogen-bond donors (Lipinski definition) is 0. The predicted octanol–water partition coefficient (Wildman–Crippen LogP) is 3.86. The first-order valence-electron chi connectivity index (χ1n) is 4.45. The van der Waals surface area contributed by atoms with E-state index in [-0.39, 0.29) is 12.3 Å². The van der Waals surface area contributed by atoms with E-state index in [0.717, 1.165) is 12.8 Å². The van der Waals surface area contributed by atoms with Crippen LogP contribution in [0.3, 0.4) is 0 Å². The van der Waals surface area contributed by atoms with Gasteiger partial charge in [-0.05, 0) is 5.92 Å². The van der Waals surface area contributed by atoms with E-state index in [2.05, 4.69) is 6.92 Å². The van der Waals surface area contributed by atoms with E-state index in [4.69, 9.17) is 0 Å². The second-order valence-electron chi connectivity index (χ2n) is 3.23.